The molecule has 1 aliphatic heterocycles. The average molecular weight is 338 g/mol. The first-order valence-corrected chi connectivity index (χ1v) is 8.66. The van der Waals surface area contributed by atoms with Gasteiger partial charge in [-0.05, 0) is 38.2 Å². The lowest BCUT2D eigenvalue weighted by molar-refractivity contribution is 0.353. The van der Waals surface area contributed by atoms with Crippen LogP contribution in [-0.4, -0.2) is 47.9 Å². The van der Waals surface area contributed by atoms with Gasteiger partial charge in [0, 0.05) is 19.3 Å². The number of rotatable bonds is 2. The number of nitrogens with zero attached hydrogens (tertiary/aromatic N) is 8. The van der Waals surface area contributed by atoms with Crippen molar-refractivity contribution < 1.29 is 0 Å². The van der Waals surface area contributed by atoms with Gasteiger partial charge in [0.2, 0.25) is 5.95 Å². The predicted octanol–water partition coefficient (Wildman–Crippen LogP) is 2.08. The normalized spacial score (nSPS) is 21.0. The summed E-state index contributed by atoms with van der Waals surface area (Å²) < 4.78 is 1.71. The van der Waals surface area contributed by atoms with Crippen LogP contribution in [0.5, 0.6) is 0 Å². The highest BCUT2D eigenvalue weighted by Gasteiger charge is 2.24. The Kier molecular flexibility index (Phi) is 3.82. The maximum Gasteiger partial charge on any atom is 0.272 e. The number of hydrogen-bond donors (Lipinski definition) is 0. The highest BCUT2D eigenvalue weighted by molar-refractivity contribution is 5.58. The van der Waals surface area contributed by atoms with Crippen LogP contribution in [0.1, 0.15) is 31.8 Å². The molecular weight excluding hydrogens is 316 g/mol. The van der Waals surface area contributed by atoms with Gasteiger partial charge in [0.25, 0.3) is 5.78 Å². The molecule has 0 saturated carbocycles. The molecular formula is C17H22N8. The smallest absolute Gasteiger partial charge is 0.272 e. The van der Waals surface area contributed by atoms with E-state index in [9.17, 15) is 0 Å². The summed E-state index contributed by atoms with van der Waals surface area (Å²) in [4.78, 5) is 15.8. The Morgan fingerprint density at radius 1 is 1.04 bits per heavy atom. The number of anilines is 1. The van der Waals surface area contributed by atoms with E-state index in [4.69, 9.17) is 4.98 Å². The van der Waals surface area contributed by atoms with Crippen molar-refractivity contribution in [3.05, 3.63) is 23.8 Å². The second-order valence-corrected chi connectivity index (χ2v) is 7.10. The van der Waals surface area contributed by atoms with Gasteiger partial charge in [-0.1, -0.05) is 13.8 Å². The third-order valence-corrected chi connectivity index (χ3v) is 4.63. The number of piperidine rings is 1. The molecule has 1 saturated heterocycles. The van der Waals surface area contributed by atoms with Crippen molar-refractivity contribution in [3.8, 4) is 11.4 Å². The van der Waals surface area contributed by atoms with Gasteiger partial charge in [0.05, 0.1) is 11.4 Å². The fraction of sp³-hybridized carbons (Fsp3) is 0.529. The maximum atomic E-state index is 4.76. The molecule has 1 fully saturated rings. The fourth-order valence-corrected chi connectivity index (χ4v) is 3.66. The molecule has 4 rings (SSSR count). The van der Waals surface area contributed by atoms with Gasteiger partial charge in [0.15, 0.2) is 0 Å². The van der Waals surface area contributed by atoms with E-state index in [-0.39, 0.29) is 0 Å². The summed E-state index contributed by atoms with van der Waals surface area (Å²) in [5.41, 5.74) is 2.34. The molecule has 0 radical (unpaired) electrons. The lowest BCUT2D eigenvalue weighted by Crippen LogP contribution is -2.39. The monoisotopic (exact) mass is 338 g/mol. The van der Waals surface area contributed by atoms with E-state index in [2.05, 4.69) is 44.0 Å². The second-order valence-electron chi connectivity index (χ2n) is 7.10. The molecule has 0 bridgehead atoms. The molecule has 1 aliphatic rings. The van der Waals surface area contributed by atoms with Crippen LogP contribution in [0, 0.1) is 25.7 Å². The third-order valence-electron chi connectivity index (χ3n) is 4.63. The van der Waals surface area contributed by atoms with Crippen LogP contribution in [0.4, 0.5) is 5.95 Å². The van der Waals surface area contributed by atoms with E-state index >= 15 is 0 Å². The Morgan fingerprint density at radius 3 is 2.56 bits per heavy atom. The molecule has 0 N–H and O–H groups in total. The minimum absolute atomic E-state index is 0.506. The van der Waals surface area contributed by atoms with E-state index in [1.807, 2.05) is 19.9 Å². The van der Waals surface area contributed by atoms with E-state index in [0.29, 0.717) is 29.1 Å². The molecule has 3 aromatic heterocycles. The van der Waals surface area contributed by atoms with Gasteiger partial charge in [-0.15, -0.1) is 15.3 Å². The van der Waals surface area contributed by atoms with Crippen LogP contribution < -0.4 is 4.90 Å². The Bertz CT molecular complexity index is 908. The zero-order chi connectivity index (χ0) is 17.6. The highest BCUT2D eigenvalue weighted by Crippen LogP contribution is 2.26. The average Bonchev–Trinajstić information content (AvgIpc) is 2.96. The van der Waals surface area contributed by atoms with E-state index in [1.165, 1.54) is 6.42 Å². The van der Waals surface area contributed by atoms with Crippen molar-refractivity contribution in [3.63, 3.8) is 0 Å². The number of hydrogen-bond acceptors (Lipinski definition) is 7. The molecule has 0 aliphatic carbocycles. The first-order valence-electron chi connectivity index (χ1n) is 8.66. The standard InChI is InChI=1S/C17H22N8/c1-10-7-11(2)9-24(8-10)16-18-6-5-14(20-16)15-12(3)25-17(22-21-15)19-13(4)23-25/h5-6,10-11H,7-9H2,1-4H3. The minimum atomic E-state index is 0.506. The van der Waals surface area contributed by atoms with Gasteiger partial charge in [0.1, 0.15) is 11.5 Å². The van der Waals surface area contributed by atoms with Crippen molar-refractivity contribution in [2.24, 2.45) is 11.8 Å². The zero-order valence-electron chi connectivity index (χ0n) is 15.0. The Morgan fingerprint density at radius 2 is 1.80 bits per heavy atom. The van der Waals surface area contributed by atoms with Crippen molar-refractivity contribution in [2.45, 2.75) is 34.1 Å². The molecule has 0 amide bonds. The van der Waals surface area contributed by atoms with Gasteiger partial charge in [-0.25, -0.2) is 9.97 Å². The van der Waals surface area contributed by atoms with Crippen molar-refractivity contribution >= 4 is 11.7 Å². The summed E-state index contributed by atoms with van der Waals surface area (Å²) in [5, 5.41) is 12.9. The topological polar surface area (TPSA) is 85.0 Å². The van der Waals surface area contributed by atoms with E-state index in [1.54, 1.807) is 10.7 Å². The van der Waals surface area contributed by atoms with Gasteiger partial charge in [-0.3, -0.25) is 0 Å². The van der Waals surface area contributed by atoms with Crippen LogP contribution in [-0.2, 0) is 0 Å². The lowest BCUT2D eigenvalue weighted by Gasteiger charge is -2.35. The first kappa shape index (κ1) is 15.9. The molecule has 8 heteroatoms. The number of aromatic nitrogens is 7. The van der Waals surface area contributed by atoms with E-state index < -0.39 is 0 Å². The third kappa shape index (κ3) is 2.92. The van der Waals surface area contributed by atoms with Crippen LogP contribution in [0.15, 0.2) is 12.3 Å². The Labute approximate surface area is 146 Å². The van der Waals surface area contributed by atoms with Gasteiger partial charge < -0.3 is 4.90 Å². The summed E-state index contributed by atoms with van der Waals surface area (Å²) in [6.45, 7) is 10.3. The largest absolute Gasteiger partial charge is 0.340 e. The lowest BCUT2D eigenvalue weighted by atomic mass is 9.92. The summed E-state index contributed by atoms with van der Waals surface area (Å²) in [6, 6.07) is 1.87. The zero-order valence-corrected chi connectivity index (χ0v) is 15.0. The van der Waals surface area contributed by atoms with E-state index in [0.717, 1.165) is 30.4 Å². The molecule has 3 aromatic rings. The summed E-state index contributed by atoms with van der Waals surface area (Å²) >= 11 is 0. The second kappa shape index (κ2) is 6.02. The van der Waals surface area contributed by atoms with Gasteiger partial charge >= 0.3 is 0 Å². The Hall–Kier alpha value is -2.64. The maximum absolute atomic E-state index is 4.76. The van der Waals surface area contributed by atoms with Crippen LogP contribution in [0.2, 0.25) is 0 Å². The molecule has 25 heavy (non-hydrogen) atoms. The van der Waals surface area contributed by atoms with Crippen LogP contribution >= 0.6 is 0 Å². The number of aryl methyl sites for hydroxylation is 2. The highest BCUT2D eigenvalue weighted by atomic mass is 15.4. The van der Waals surface area contributed by atoms with Crippen molar-refractivity contribution in [1.82, 2.24) is 34.8 Å². The first-order chi connectivity index (χ1) is 12.0. The number of fused-ring (bicyclic) bond motifs is 1. The predicted molar refractivity (Wildman–Crippen MR) is 94.2 cm³/mol. The minimum Gasteiger partial charge on any atom is -0.340 e. The Balaban J connectivity index is 1.73. The summed E-state index contributed by atoms with van der Waals surface area (Å²) in [6.07, 6.45) is 3.04. The summed E-state index contributed by atoms with van der Waals surface area (Å²) in [5.74, 6) is 3.23. The molecule has 4 heterocycles. The summed E-state index contributed by atoms with van der Waals surface area (Å²) in [7, 11) is 0. The SMILES string of the molecule is Cc1nc2nnc(-c3ccnc(N4CC(C)CC(C)C4)n3)c(C)n2n1. The molecule has 130 valence electrons. The van der Waals surface area contributed by atoms with Crippen molar-refractivity contribution in [1.29, 1.82) is 0 Å². The van der Waals surface area contributed by atoms with Crippen molar-refractivity contribution in [2.75, 3.05) is 18.0 Å². The molecule has 2 atom stereocenters. The molecule has 0 aromatic carbocycles. The molecule has 8 nitrogen and oxygen atoms in total. The van der Waals surface area contributed by atoms with Crippen LogP contribution in [0.3, 0.4) is 0 Å². The van der Waals surface area contributed by atoms with Gasteiger partial charge in [-0.2, -0.15) is 9.50 Å². The fourth-order valence-electron chi connectivity index (χ4n) is 3.66. The molecule has 0 spiro atoms. The molecule has 2 unspecified atom stereocenters. The van der Waals surface area contributed by atoms with Crippen LogP contribution in [0.25, 0.3) is 17.2 Å². The quantitative estimate of drug-likeness (QED) is 0.707.